The van der Waals surface area contributed by atoms with Gasteiger partial charge in [0.1, 0.15) is 5.82 Å². The maximum atomic E-state index is 4.25. The second-order valence-electron chi connectivity index (χ2n) is 5.34. The Morgan fingerprint density at radius 1 is 1.44 bits per heavy atom. The van der Waals surface area contributed by atoms with Gasteiger partial charge in [0.05, 0.1) is 0 Å². The molecule has 3 heteroatoms. The van der Waals surface area contributed by atoms with Crippen LogP contribution >= 0.6 is 0 Å². The molecular weight excluding hydrogens is 198 g/mol. The lowest BCUT2D eigenvalue weighted by atomic mass is 9.84. The summed E-state index contributed by atoms with van der Waals surface area (Å²) in [5, 5.41) is 3.09. The van der Waals surface area contributed by atoms with Crippen LogP contribution in [-0.4, -0.2) is 25.1 Å². The molecule has 0 bridgehead atoms. The quantitative estimate of drug-likeness (QED) is 0.829. The van der Waals surface area contributed by atoms with Crippen molar-refractivity contribution >= 4 is 11.5 Å². The number of hydrogen-bond donors (Lipinski definition) is 1. The molecule has 0 aliphatic carbocycles. The van der Waals surface area contributed by atoms with Gasteiger partial charge in [-0.25, -0.2) is 4.98 Å². The molecule has 2 heterocycles. The van der Waals surface area contributed by atoms with Crippen LogP contribution in [0.2, 0.25) is 0 Å². The smallest absolute Gasteiger partial charge is 0.127 e. The Hall–Kier alpha value is -1.25. The van der Waals surface area contributed by atoms with Crippen molar-refractivity contribution < 1.29 is 0 Å². The standard InChI is InChI=1S/C13H21N3/c1-13(2)6-4-8-16(10-13)11-5-7-15-12(9-11)14-3/h5,7,9H,4,6,8,10H2,1-3H3,(H,14,15). The van der Waals surface area contributed by atoms with Crippen molar-refractivity contribution in [3.05, 3.63) is 18.3 Å². The number of rotatable bonds is 2. The minimum Gasteiger partial charge on any atom is -0.373 e. The number of aromatic nitrogens is 1. The van der Waals surface area contributed by atoms with Gasteiger partial charge in [0.25, 0.3) is 0 Å². The van der Waals surface area contributed by atoms with Crippen LogP contribution in [0.5, 0.6) is 0 Å². The van der Waals surface area contributed by atoms with E-state index in [9.17, 15) is 0 Å². The SMILES string of the molecule is CNc1cc(N2CCCC(C)(C)C2)ccn1. The molecule has 1 aromatic rings. The van der Waals surface area contributed by atoms with Crippen molar-refractivity contribution in [2.75, 3.05) is 30.4 Å². The molecule has 1 aliphatic heterocycles. The van der Waals surface area contributed by atoms with E-state index in [2.05, 4.69) is 41.2 Å². The average molecular weight is 219 g/mol. The maximum absolute atomic E-state index is 4.25. The summed E-state index contributed by atoms with van der Waals surface area (Å²) in [6.45, 7) is 7.00. The van der Waals surface area contributed by atoms with Crippen LogP contribution in [0.25, 0.3) is 0 Å². The van der Waals surface area contributed by atoms with Gasteiger partial charge in [0.2, 0.25) is 0 Å². The topological polar surface area (TPSA) is 28.2 Å². The van der Waals surface area contributed by atoms with E-state index in [-0.39, 0.29) is 0 Å². The van der Waals surface area contributed by atoms with Crippen molar-refractivity contribution in [1.29, 1.82) is 0 Å². The van der Waals surface area contributed by atoms with E-state index in [0.717, 1.165) is 18.9 Å². The Kier molecular flexibility index (Phi) is 3.03. The molecule has 1 aromatic heterocycles. The van der Waals surface area contributed by atoms with E-state index < -0.39 is 0 Å². The molecule has 0 spiro atoms. The van der Waals surface area contributed by atoms with Gasteiger partial charge in [-0.1, -0.05) is 13.8 Å². The van der Waals surface area contributed by atoms with Gasteiger partial charge in [-0.3, -0.25) is 0 Å². The first kappa shape index (κ1) is 11.2. The highest BCUT2D eigenvalue weighted by molar-refractivity contribution is 5.54. The minimum atomic E-state index is 0.432. The molecule has 0 amide bonds. The van der Waals surface area contributed by atoms with Crippen LogP contribution in [0, 0.1) is 5.41 Å². The van der Waals surface area contributed by atoms with Crippen LogP contribution in [0.15, 0.2) is 18.3 Å². The molecule has 1 aliphatic rings. The van der Waals surface area contributed by atoms with E-state index in [0.29, 0.717) is 5.41 Å². The highest BCUT2D eigenvalue weighted by atomic mass is 15.1. The van der Waals surface area contributed by atoms with Crippen LogP contribution < -0.4 is 10.2 Å². The highest BCUT2D eigenvalue weighted by Crippen LogP contribution is 2.31. The van der Waals surface area contributed by atoms with Crippen molar-refractivity contribution in [1.82, 2.24) is 4.98 Å². The van der Waals surface area contributed by atoms with Gasteiger partial charge in [-0.05, 0) is 24.3 Å². The van der Waals surface area contributed by atoms with Crippen LogP contribution in [0.3, 0.4) is 0 Å². The maximum Gasteiger partial charge on any atom is 0.127 e. The van der Waals surface area contributed by atoms with Crippen LogP contribution in [0.4, 0.5) is 11.5 Å². The summed E-state index contributed by atoms with van der Waals surface area (Å²) in [5.74, 6) is 0.945. The molecule has 2 rings (SSSR count). The molecule has 16 heavy (non-hydrogen) atoms. The van der Waals surface area contributed by atoms with E-state index in [1.54, 1.807) is 0 Å². The minimum absolute atomic E-state index is 0.432. The number of nitrogens with one attached hydrogen (secondary N) is 1. The first-order chi connectivity index (χ1) is 7.61. The first-order valence-corrected chi connectivity index (χ1v) is 5.99. The number of anilines is 2. The molecule has 88 valence electrons. The molecule has 1 fully saturated rings. The first-order valence-electron chi connectivity index (χ1n) is 5.99. The number of hydrogen-bond acceptors (Lipinski definition) is 3. The van der Waals surface area contributed by atoms with Crippen molar-refractivity contribution in [2.24, 2.45) is 5.41 Å². The van der Waals surface area contributed by atoms with Crippen LogP contribution in [0.1, 0.15) is 26.7 Å². The highest BCUT2D eigenvalue weighted by Gasteiger charge is 2.26. The zero-order valence-corrected chi connectivity index (χ0v) is 10.5. The van der Waals surface area contributed by atoms with Crippen molar-refractivity contribution in [3.8, 4) is 0 Å². The second kappa shape index (κ2) is 4.32. The lowest BCUT2D eigenvalue weighted by molar-refractivity contribution is 0.293. The molecule has 1 N–H and O–H groups in total. The molecule has 1 saturated heterocycles. The summed E-state index contributed by atoms with van der Waals surface area (Å²) >= 11 is 0. The number of nitrogens with zero attached hydrogens (tertiary/aromatic N) is 2. The fourth-order valence-electron chi connectivity index (χ4n) is 2.40. The molecule has 0 unspecified atom stereocenters. The zero-order valence-electron chi connectivity index (χ0n) is 10.5. The summed E-state index contributed by atoms with van der Waals surface area (Å²) in [6, 6.07) is 4.23. The summed E-state index contributed by atoms with van der Waals surface area (Å²) in [5.41, 5.74) is 1.72. The molecule has 0 saturated carbocycles. The lowest BCUT2D eigenvalue weighted by Gasteiger charge is -2.39. The predicted molar refractivity (Wildman–Crippen MR) is 69.0 cm³/mol. The summed E-state index contributed by atoms with van der Waals surface area (Å²) in [6.07, 6.45) is 4.49. The van der Waals surface area contributed by atoms with Crippen molar-refractivity contribution in [3.63, 3.8) is 0 Å². The summed E-state index contributed by atoms with van der Waals surface area (Å²) < 4.78 is 0. The molecule has 0 aromatic carbocycles. The van der Waals surface area contributed by atoms with E-state index in [4.69, 9.17) is 0 Å². The van der Waals surface area contributed by atoms with Crippen molar-refractivity contribution in [2.45, 2.75) is 26.7 Å². The summed E-state index contributed by atoms with van der Waals surface area (Å²) in [7, 11) is 1.91. The zero-order chi connectivity index (χ0) is 11.6. The van der Waals surface area contributed by atoms with Gasteiger partial charge < -0.3 is 10.2 Å². The molecule has 3 nitrogen and oxygen atoms in total. The summed E-state index contributed by atoms with van der Waals surface area (Å²) in [4.78, 5) is 6.72. The largest absolute Gasteiger partial charge is 0.373 e. The normalized spacial score (nSPS) is 19.6. The molecule has 0 radical (unpaired) electrons. The monoisotopic (exact) mass is 219 g/mol. The van der Waals surface area contributed by atoms with E-state index >= 15 is 0 Å². The van der Waals surface area contributed by atoms with E-state index in [1.165, 1.54) is 18.5 Å². The Bertz CT molecular complexity index is 360. The van der Waals surface area contributed by atoms with Gasteiger partial charge in [0.15, 0.2) is 0 Å². The Labute approximate surface area is 97.9 Å². The Balaban J connectivity index is 2.16. The third-order valence-electron chi connectivity index (χ3n) is 3.27. The van der Waals surface area contributed by atoms with Gasteiger partial charge in [0, 0.05) is 38.1 Å². The van der Waals surface area contributed by atoms with Crippen LogP contribution in [-0.2, 0) is 0 Å². The Morgan fingerprint density at radius 2 is 2.25 bits per heavy atom. The third-order valence-corrected chi connectivity index (χ3v) is 3.27. The van der Waals surface area contributed by atoms with Gasteiger partial charge in [-0.2, -0.15) is 0 Å². The average Bonchev–Trinajstić information content (AvgIpc) is 2.28. The van der Waals surface area contributed by atoms with Gasteiger partial charge >= 0.3 is 0 Å². The predicted octanol–water partition coefficient (Wildman–Crippen LogP) is 2.75. The fraction of sp³-hybridized carbons (Fsp3) is 0.615. The lowest BCUT2D eigenvalue weighted by Crippen LogP contribution is -2.40. The fourth-order valence-corrected chi connectivity index (χ4v) is 2.40. The number of piperidine rings is 1. The van der Waals surface area contributed by atoms with E-state index in [1.807, 2.05) is 13.2 Å². The number of pyridine rings is 1. The Morgan fingerprint density at radius 3 is 2.94 bits per heavy atom. The molecule has 0 atom stereocenters. The van der Waals surface area contributed by atoms with Gasteiger partial charge in [-0.15, -0.1) is 0 Å². The molecular formula is C13H21N3. The second-order valence-corrected chi connectivity index (χ2v) is 5.34. The third kappa shape index (κ3) is 2.46.